The van der Waals surface area contributed by atoms with Crippen molar-refractivity contribution >= 4 is 105 Å². The van der Waals surface area contributed by atoms with Crippen molar-refractivity contribution in [1.29, 1.82) is 0 Å². The van der Waals surface area contributed by atoms with Gasteiger partial charge in [-0.05, 0) is 82.8 Å². The Kier molecular flexibility index (Phi) is 34.3. The molecular formula is C57H99N11S8. The minimum absolute atomic E-state index is 0.339. The fourth-order valence-electron chi connectivity index (χ4n) is 6.21. The summed E-state index contributed by atoms with van der Waals surface area (Å²) in [6.07, 6.45) is 0. The molecule has 0 radical (unpaired) electrons. The lowest BCUT2D eigenvalue weighted by Gasteiger charge is -2.13. The van der Waals surface area contributed by atoms with Gasteiger partial charge < -0.3 is 0 Å². The Labute approximate surface area is 496 Å². The van der Waals surface area contributed by atoms with E-state index in [-0.39, 0.29) is 0 Å². The summed E-state index contributed by atoms with van der Waals surface area (Å²) >= 11 is 15.0. The summed E-state index contributed by atoms with van der Waals surface area (Å²) in [5.74, 6) is 7.57. The van der Waals surface area contributed by atoms with Crippen LogP contribution < -0.4 is 0 Å². The normalized spacial score (nSPS) is 12.0. The highest BCUT2D eigenvalue weighted by atomic mass is 32.2. The maximum atomic E-state index is 4.97. The van der Waals surface area contributed by atoms with E-state index in [1.807, 2.05) is 75.4 Å². The Morgan fingerprint density at radius 3 is 1.14 bits per heavy atom. The molecule has 1 aromatic carbocycles. The number of thioether (sulfide) groups is 8. The molecule has 0 aliphatic heterocycles. The summed E-state index contributed by atoms with van der Waals surface area (Å²) < 4.78 is 2.08. The maximum absolute atomic E-state index is 4.97. The maximum Gasteiger partial charge on any atom is 0.192 e. The van der Waals surface area contributed by atoms with Crippen LogP contribution in [0, 0.1) is 0 Å². The smallest absolute Gasteiger partial charge is 0.192 e. The lowest BCUT2D eigenvalue weighted by Crippen LogP contribution is -2.08. The number of aromatic nitrogens is 11. The Morgan fingerprint density at radius 1 is 0.382 bits per heavy atom. The second-order valence-electron chi connectivity index (χ2n) is 22.0. The van der Waals surface area contributed by atoms with Crippen molar-refractivity contribution in [2.45, 2.75) is 277 Å². The van der Waals surface area contributed by atoms with Gasteiger partial charge in [-0.1, -0.05) is 173 Å². The van der Waals surface area contributed by atoms with E-state index in [9.17, 15) is 0 Å². The first-order valence-electron chi connectivity index (χ1n) is 27.5. The van der Waals surface area contributed by atoms with Gasteiger partial charge in [0.1, 0.15) is 5.82 Å². The molecule has 0 saturated carbocycles. The van der Waals surface area contributed by atoms with E-state index in [4.69, 9.17) is 9.97 Å². The van der Waals surface area contributed by atoms with Gasteiger partial charge in [-0.15, -0.1) is 5.10 Å². The third-order valence-electron chi connectivity index (χ3n) is 10.2. The molecule has 5 aromatic rings. The summed E-state index contributed by atoms with van der Waals surface area (Å²) in [4.78, 5) is 25.3. The molecule has 0 fully saturated rings. The van der Waals surface area contributed by atoms with Crippen LogP contribution in [-0.2, 0) is 34.5 Å². The first kappa shape index (κ1) is 70.8. The zero-order valence-electron chi connectivity index (χ0n) is 51.1. The molecule has 19 heteroatoms. The second kappa shape index (κ2) is 36.9. The molecule has 0 amide bonds. The summed E-state index contributed by atoms with van der Waals surface area (Å²) in [7, 11) is 0. The van der Waals surface area contributed by atoms with Crippen LogP contribution in [0.1, 0.15) is 236 Å². The monoisotopic (exact) mass is 1190 g/mol. The molecule has 0 aliphatic carbocycles. The molecule has 0 N–H and O–H groups in total. The highest BCUT2D eigenvalue weighted by Gasteiger charge is 2.18. The molecule has 0 aliphatic rings. The van der Waals surface area contributed by atoms with Gasteiger partial charge in [-0.25, -0.2) is 24.6 Å². The van der Waals surface area contributed by atoms with Crippen molar-refractivity contribution in [2.24, 2.45) is 0 Å². The van der Waals surface area contributed by atoms with Crippen molar-refractivity contribution in [3.05, 3.63) is 63.8 Å². The fraction of sp³-hybridized carbons (Fsp3) is 0.737. The van der Waals surface area contributed by atoms with Crippen LogP contribution in [0.5, 0.6) is 0 Å². The van der Waals surface area contributed by atoms with Crippen molar-refractivity contribution in [1.82, 2.24) is 54.9 Å². The standard InChI is InChI=1S/C19H28N2S2.2C13H25N3S2.C12H21N3S2/c1-12(2)15-7-8-16-17(9-15)21-19(11-23-14(5)6)18(20-16)10-22-13(3)4;1-9(2)16-13(8-18-11(5)6)12(14-15-16)7-17-10(3)4;1-9(2)16-14-12(7-17-10(3)4)13(15-16)8-18-11(5)6;1-7(2)10-13-11(16-8(3)4)15-12(14-10)17-9(5)6/h7-9,12-14H,10-11H2,1-6H3;2*9-11H,7-8H2,1-6H3;7-9H,1-6H3. The van der Waals surface area contributed by atoms with E-state index in [0.29, 0.717) is 65.9 Å². The SMILES string of the molecule is CC(C)SCc1nc2ccc(C(C)C)cc2nc1CSC(C)C.CC(C)SCc1nn(C(C)C)nc1CSC(C)C.CC(C)SCc1nnn(C(C)C)c1CSC(C)C.CC(C)Sc1nc(SC(C)C)nc(C(C)C)n1. The first-order valence-corrected chi connectivity index (χ1v) is 35.6. The van der Waals surface area contributed by atoms with Crippen LogP contribution in [0.25, 0.3) is 11.0 Å². The zero-order valence-corrected chi connectivity index (χ0v) is 57.6. The molecule has 5 rings (SSSR count). The number of hydrogen-bond donors (Lipinski definition) is 0. The van der Waals surface area contributed by atoms with Gasteiger partial charge in [-0.3, -0.25) is 0 Å². The topological polar surface area (TPSA) is 126 Å². The quantitative estimate of drug-likeness (QED) is 0.0487. The van der Waals surface area contributed by atoms with Crippen molar-refractivity contribution in [2.75, 3.05) is 0 Å². The molecule has 4 heterocycles. The Balaban J connectivity index is 0.000000349. The summed E-state index contributed by atoms with van der Waals surface area (Å²) in [6, 6.07) is 7.24. The average molecular weight is 1200 g/mol. The third-order valence-corrected chi connectivity index (χ3v) is 18.6. The van der Waals surface area contributed by atoms with Crippen LogP contribution >= 0.6 is 94.1 Å². The Morgan fingerprint density at radius 2 is 0.776 bits per heavy atom. The van der Waals surface area contributed by atoms with Crippen molar-refractivity contribution in [3.8, 4) is 0 Å². The van der Waals surface area contributed by atoms with Gasteiger partial charge in [0.25, 0.3) is 0 Å². The summed E-state index contributed by atoms with van der Waals surface area (Å²) in [6.45, 7) is 52.6. The molecule has 0 spiro atoms. The molecule has 430 valence electrons. The molecule has 0 bridgehead atoms. The Bertz CT molecular complexity index is 2310. The van der Waals surface area contributed by atoms with E-state index >= 15 is 0 Å². The van der Waals surface area contributed by atoms with Crippen molar-refractivity contribution in [3.63, 3.8) is 0 Å². The van der Waals surface area contributed by atoms with E-state index in [1.54, 1.807) is 23.5 Å². The average Bonchev–Trinajstić information content (AvgIpc) is 3.94. The van der Waals surface area contributed by atoms with Gasteiger partial charge in [0.2, 0.25) is 0 Å². The van der Waals surface area contributed by atoms with Crippen LogP contribution in [0.2, 0.25) is 0 Å². The second-order valence-corrected chi connectivity index (χ2v) is 34.4. The predicted octanol–water partition coefficient (Wildman–Crippen LogP) is 18.3. The molecule has 0 saturated heterocycles. The van der Waals surface area contributed by atoms with Gasteiger partial charge in [0.15, 0.2) is 10.3 Å². The number of rotatable bonds is 26. The number of benzene rings is 1. The highest BCUT2D eigenvalue weighted by Crippen LogP contribution is 2.30. The molecule has 76 heavy (non-hydrogen) atoms. The van der Waals surface area contributed by atoms with Gasteiger partial charge >= 0.3 is 0 Å². The highest BCUT2D eigenvalue weighted by molar-refractivity contribution is 8.01. The number of nitrogens with zero attached hydrogens (tertiary/aromatic N) is 11. The summed E-state index contributed by atoms with van der Waals surface area (Å²) in [5.41, 5.74) is 10.5. The molecular weight excluding hydrogens is 1100 g/mol. The van der Waals surface area contributed by atoms with Crippen LogP contribution in [0.15, 0.2) is 28.5 Å². The van der Waals surface area contributed by atoms with E-state index in [2.05, 4.69) is 225 Å². The molecule has 0 unspecified atom stereocenters. The van der Waals surface area contributed by atoms with Gasteiger partial charge in [0.05, 0.1) is 51.2 Å². The number of hydrogen-bond acceptors (Lipinski definition) is 17. The largest absolute Gasteiger partial charge is 0.248 e. The minimum Gasteiger partial charge on any atom is -0.248 e. The van der Waals surface area contributed by atoms with E-state index in [1.165, 1.54) is 11.3 Å². The lowest BCUT2D eigenvalue weighted by molar-refractivity contribution is 0.462. The molecule has 4 aromatic heterocycles. The van der Waals surface area contributed by atoms with E-state index in [0.717, 1.165) is 90.2 Å². The Hall–Kier alpha value is -1.35. The van der Waals surface area contributed by atoms with Crippen LogP contribution in [0.3, 0.4) is 0 Å². The van der Waals surface area contributed by atoms with Crippen LogP contribution in [-0.4, -0.2) is 96.9 Å². The minimum atomic E-state index is 0.339. The lowest BCUT2D eigenvalue weighted by atomic mass is 10.0. The third kappa shape index (κ3) is 28.4. The summed E-state index contributed by atoms with van der Waals surface area (Å²) in [5, 5.41) is 24.4. The molecule has 0 atom stereocenters. The number of fused-ring (bicyclic) bond motifs is 1. The first-order chi connectivity index (χ1) is 35.6. The fourth-order valence-corrected chi connectivity index (χ4v) is 12.1. The van der Waals surface area contributed by atoms with Gasteiger partial charge in [-0.2, -0.15) is 90.5 Å². The predicted molar refractivity (Wildman–Crippen MR) is 349 cm³/mol. The van der Waals surface area contributed by atoms with E-state index < -0.39 is 0 Å². The molecule has 11 nitrogen and oxygen atoms in total. The van der Waals surface area contributed by atoms with Crippen LogP contribution in [0.4, 0.5) is 0 Å². The zero-order chi connectivity index (χ0) is 57.4. The van der Waals surface area contributed by atoms with Gasteiger partial charge in [0, 0.05) is 57.0 Å². The van der Waals surface area contributed by atoms with Crippen molar-refractivity contribution < 1.29 is 0 Å².